The molecule has 204 valence electrons. The lowest BCUT2D eigenvalue weighted by atomic mass is 10.2. The van der Waals surface area contributed by atoms with Gasteiger partial charge in [0.1, 0.15) is 12.3 Å². The van der Waals surface area contributed by atoms with Gasteiger partial charge in [-0.3, -0.25) is 9.10 Å². The molecule has 3 aromatic carbocycles. The molecule has 0 aromatic heterocycles. The van der Waals surface area contributed by atoms with Gasteiger partial charge in [-0.25, -0.2) is 21.6 Å². The summed E-state index contributed by atoms with van der Waals surface area (Å²) in [6.45, 7) is 6.37. The first kappa shape index (κ1) is 29.4. The number of aryl methyl sites for hydroxylation is 2. The maximum Gasteiger partial charge on any atom is 0.264 e. The second kappa shape index (κ2) is 11.7. The molecular weight excluding hydrogens is 550 g/mol. The molecule has 0 atom stereocenters. The number of halogens is 1. The lowest BCUT2D eigenvalue weighted by Crippen LogP contribution is -2.38. The summed E-state index contributed by atoms with van der Waals surface area (Å²) in [5.74, 6) is -0.518. The lowest BCUT2D eigenvalue weighted by molar-refractivity contribution is -0.114. The van der Waals surface area contributed by atoms with E-state index in [1.54, 1.807) is 45.0 Å². The fraction of sp³-hybridized carbons (Fsp3) is 0.269. The Hall–Kier alpha value is -3.12. The van der Waals surface area contributed by atoms with Gasteiger partial charge in [-0.15, -0.1) is 0 Å². The van der Waals surface area contributed by atoms with Crippen molar-refractivity contribution < 1.29 is 26.4 Å². The quantitative estimate of drug-likeness (QED) is 0.365. The largest absolute Gasteiger partial charge is 0.495 e. The fourth-order valence-electron chi connectivity index (χ4n) is 3.54. The summed E-state index contributed by atoms with van der Waals surface area (Å²) in [6.07, 6.45) is 0. The molecule has 0 unspecified atom stereocenters. The van der Waals surface area contributed by atoms with Crippen LogP contribution in [-0.2, 0) is 24.8 Å². The minimum absolute atomic E-state index is 0.00183. The smallest absolute Gasteiger partial charge is 0.264 e. The van der Waals surface area contributed by atoms with Crippen molar-refractivity contribution in [3.63, 3.8) is 0 Å². The molecular formula is C26H30ClN3O6S2. The number of benzene rings is 3. The summed E-state index contributed by atoms with van der Waals surface area (Å²) in [7, 11) is -6.66. The van der Waals surface area contributed by atoms with Crippen molar-refractivity contribution in [2.24, 2.45) is 0 Å². The second-order valence-corrected chi connectivity index (χ2v) is 12.9. The average molecular weight is 580 g/mol. The zero-order valence-electron chi connectivity index (χ0n) is 21.6. The average Bonchev–Trinajstić information content (AvgIpc) is 2.83. The molecule has 0 aliphatic carbocycles. The predicted molar refractivity (Wildman–Crippen MR) is 149 cm³/mol. The fourth-order valence-corrected chi connectivity index (χ4v) is 6.40. The number of ether oxygens (including phenoxy) is 1. The van der Waals surface area contributed by atoms with E-state index in [0.29, 0.717) is 5.02 Å². The molecule has 0 spiro atoms. The van der Waals surface area contributed by atoms with E-state index >= 15 is 0 Å². The monoisotopic (exact) mass is 579 g/mol. The number of anilines is 2. The molecule has 2 N–H and O–H groups in total. The Balaban J connectivity index is 2.00. The Kier molecular flexibility index (Phi) is 9.09. The Morgan fingerprint density at radius 1 is 0.947 bits per heavy atom. The van der Waals surface area contributed by atoms with Crippen LogP contribution >= 0.6 is 11.6 Å². The summed E-state index contributed by atoms with van der Waals surface area (Å²) >= 11 is 6.28. The van der Waals surface area contributed by atoms with Gasteiger partial charge in [-0.2, -0.15) is 0 Å². The van der Waals surface area contributed by atoms with Crippen molar-refractivity contribution in [2.45, 2.75) is 43.5 Å². The molecule has 0 aliphatic heterocycles. The number of carbonyl (C=O) groups is 1. The van der Waals surface area contributed by atoms with E-state index in [1.807, 2.05) is 6.92 Å². The molecule has 0 fully saturated rings. The van der Waals surface area contributed by atoms with Crippen molar-refractivity contribution in [3.8, 4) is 5.75 Å². The van der Waals surface area contributed by atoms with E-state index in [-0.39, 0.29) is 33.0 Å². The van der Waals surface area contributed by atoms with E-state index in [0.717, 1.165) is 15.4 Å². The number of methoxy groups -OCH3 is 1. The summed E-state index contributed by atoms with van der Waals surface area (Å²) < 4.78 is 61.3. The van der Waals surface area contributed by atoms with Crippen LogP contribution in [0.5, 0.6) is 5.75 Å². The van der Waals surface area contributed by atoms with Crippen LogP contribution in [0.1, 0.15) is 25.0 Å². The first-order valence-electron chi connectivity index (χ1n) is 11.6. The lowest BCUT2D eigenvalue weighted by Gasteiger charge is -2.25. The van der Waals surface area contributed by atoms with Crippen molar-refractivity contribution in [3.05, 3.63) is 76.8 Å². The SMILES string of the molecule is COc1ccc(S(=O)(=O)NC(C)C)cc1NC(=O)CN(c1ccc(C)c(Cl)c1)S(=O)(=O)c1ccc(C)cc1. The first-order chi connectivity index (χ1) is 17.7. The first-order valence-corrected chi connectivity index (χ1v) is 14.9. The van der Waals surface area contributed by atoms with Gasteiger partial charge >= 0.3 is 0 Å². The van der Waals surface area contributed by atoms with Crippen LogP contribution in [0, 0.1) is 13.8 Å². The molecule has 12 heteroatoms. The zero-order chi connectivity index (χ0) is 28.3. The number of nitrogens with zero attached hydrogens (tertiary/aromatic N) is 1. The molecule has 38 heavy (non-hydrogen) atoms. The van der Waals surface area contributed by atoms with Crippen molar-refractivity contribution in [1.29, 1.82) is 0 Å². The molecule has 3 rings (SSSR count). The van der Waals surface area contributed by atoms with E-state index in [2.05, 4.69) is 10.0 Å². The van der Waals surface area contributed by atoms with Crippen molar-refractivity contribution >= 4 is 48.9 Å². The Bertz CT molecular complexity index is 1540. The third-order valence-electron chi connectivity index (χ3n) is 5.49. The highest BCUT2D eigenvalue weighted by molar-refractivity contribution is 7.92. The Morgan fingerprint density at radius 2 is 1.58 bits per heavy atom. The van der Waals surface area contributed by atoms with Gasteiger partial charge in [0.2, 0.25) is 15.9 Å². The molecule has 0 aliphatic rings. The number of sulfonamides is 2. The maximum absolute atomic E-state index is 13.6. The molecule has 0 radical (unpaired) electrons. The highest BCUT2D eigenvalue weighted by Gasteiger charge is 2.28. The van der Waals surface area contributed by atoms with Gasteiger partial charge in [-0.05, 0) is 75.7 Å². The second-order valence-electron chi connectivity index (χ2n) is 8.94. The predicted octanol–water partition coefficient (Wildman–Crippen LogP) is 4.49. The number of hydrogen-bond donors (Lipinski definition) is 2. The number of amides is 1. The van der Waals surface area contributed by atoms with Crippen molar-refractivity contribution in [1.82, 2.24) is 4.72 Å². The van der Waals surface area contributed by atoms with Crippen LogP contribution in [-0.4, -0.2) is 42.4 Å². The van der Waals surface area contributed by atoms with Crippen LogP contribution in [0.25, 0.3) is 0 Å². The van der Waals surface area contributed by atoms with Crippen LogP contribution in [0.15, 0.2) is 70.5 Å². The molecule has 9 nitrogen and oxygen atoms in total. The summed E-state index contributed by atoms with van der Waals surface area (Å²) in [5.41, 5.74) is 1.88. The minimum Gasteiger partial charge on any atom is -0.495 e. The number of hydrogen-bond acceptors (Lipinski definition) is 6. The van der Waals surface area contributed by atoms with Gasteiger partial charge in [0.25, 0.3) is 10.0 Å². The topological polar surface area (TPSA) is 122 Å². The molecule has 1 amide bonds. The normalized spacial score (nSPS) is 11.9. The number of nitrogens with one attached hydrogen (secondary N) is 2. The summed E-state index contributed by atoms with van der Waals surface area (Å²) in [4.78, 5) is 13.1. The van der Waals surface area contributed by atoms with Crippen molar-refractivity contribution in [2.75, 3.05) is 23.3 Å². The van der Waals surface area contributed by atoms with E-state index in [1.165, 1.54) is 43.5 Å². The van der Waals surface area contributed by atoms with Gasteiger partial charge in [0.15, 0.2) is 0 Å². The Morgan fingerprint density at radius 3 is 2.16 bits per heavy atom. The maximum atomic E-state index is 13.6. The molecule has 0 saturated carbocycles. The zero-order valence-corrected chi connectivity index (χ0v) is 24.0. The van der Waals surface area contributed by atoms with E-state index in [4.69, 9.17) is 16.3 Å². The Labute approximate surface area is 228 Å². The van der Waals surface area contributed by atoms with Crippen LogP contribution in [0.3, 0.4) is 0 Å². The van der Waals surface area contributed by atoms with Gasteiger partial charge < -0.3 is 10.1 Å². The van der Waals surface area contributed by atoms with Crippen LogP contribution < -0.4 is 19.1 Å². The molecule has 0 heterocycles. The van der Waals surface area contributed by atoms with E-state index < -0.39 is 32.5 Å². The highest BCUT2D eigenvalue weighted by atomic mass is 35.5. The third-order valence-corrected chi connectivity index (χ3v) is 9.34. The van der Waals surface area contributed by atoms with Gasteiger partial charge in [-0.1, -0.05) is 35.4 Å². The van der Waals surface area contributed by atoms with Gasteiger partial charge in [0, 0.05) is 11.1 Å². The number of carbonyl (C=O) groups excluding carboxylic acids is 1. The third kappa shape index (κ3) is 6.84. The van der Waals surface area contributed by atoms with Crippen LogP contribution in [0.2, 0.25) is 5.02 Å². The molecule has 0 saturated heterocycles. The minimum atomic E-state index is -4.17. The van der Waals surface area contributed by atoms with Gasteiger partial charge in [0.05, 0.1) is 28.3 Å². The van der Waals surface area contributed by atoms with Crippen LogP contribution in [0.4, 0.5) is 11.4 Å². The molecule has 0 bridgehead atoms. The summed E-state index contributed by atoms with van der Waals surface area (Å²) in [6, 6.07) is 14.6. The summed E-state index contributed by atoms with van der Waals surface area (Å²) in [5, 5.41) is 2.93. The standard InChI is InChI=1S/C26H30ClN3O6S2/c1-17(2)29-37(32,33)22-12-13-25(36-5)24(15-22)28-26(31)16-30(20-9-8-19(4)23(27)14-20)38(34,35)21-10-6-18(3)7-11-21/h6-15,17,29H,16H2,1-5H3,(H,28,31). The van der Waals surface area contributed by atoms with E-state index in [9.17, 15) is 21.6 Å². The highest BCUT2D eigenvalue weighted by Crippen LogP contribution is 2.30. The number of rotatable bonds is 10. The molecule has 3 aromatic rings.